The highest BCUT2D eigenvalue weighted by atomic mass is 79.9. The molecular weight excluding hydrogens is 235 g/mol. The second-order valence-electron chi connectivity index (χ2n) is 2.55. The van der Waals surface area contributed by atoms with Crippen LogP contribution in [0.1, 0.15) is 17.3 Å². The number of nitrogens with zero attached hydrogens (tertiary/aromatic N) is 1. The van der Waals surface area contributed by atoms with Gasteiger partial charge in [0.15, 0.2) is 0 Å². The number of hydrogen-bond acceptors (Lipinski definition) is 2. The molecule has 0 aliphatic carbocycles. The van der Waals surface area contributed by atoms with E-state index in [1.807, 2.05) is 6.07 Å². The molecule has 1 aromatic carbocycles. The van der Waals surface area contributed by atoms with Crippen LogP contribution < -0.4 is 5.73 Å². The van der Waals surface area contributed by atoms with Crippen LogP contribution in [0.15, 0.2) is 22.7 Å². The molecule has 2 N–H and O–H groups in total. The van der Waals surface area contributed by atoms with E-state index in [2.05, 4.69) is 15.9 Å². The molecule has 1 unspecified atom stereocenters. The molecule has 1 aromatic rings. The summed E-state index contributed by atoms with van der Waals surface area (Å²) >= 11 is 3.20. The molecule has 0 fully saturated rings. The molecule has 0 heterocycles. The van der Waals surface area contributed by atoms with E-state index in [0.717, 1.165) is 0 Å². The lowest BCUT2D eigenvalue weighted by Gasteiger charge is -2.07. The fourth-order valence-corrected chi connectivity index (χ4v) is 1.48. The van der Waals surface area contributed by atoms with Crippen LogP contribution >= 0.6 is 15.9 Å². The number of rotatable bonds is 2. The predicted molar refractivity (Wildman–Crippen MR) is 51.8 cm³/mol. The van der Waals surface area contributed by atoms with Crippen LogP contribution in [0.4, 0.5) is 4.39 Å². The van der Waals surface area contributed by atoms with E-state index in [4.69, 9.17) is 11.0 Å². The van der Waals surface area contributed by atoms with Crippen molar-refractivity contribution in [3.8, 4) is 6.07 Å². The summed E-state index contributed by atoms with van der Waals surface area (Å²) in [5, 5.41) is 8.59. The van der Waals surface area contributed by atoms with Gasteiger partial charge in [0.2, 0.25) is 0 Å². The molecule has 0 radical (unpaired) electrons. The first-order valence-electron chi connectivity index (χ1n) is 3.72. The molecule has 2 nitrogen and oxygen atoms in total. The Hall–Kier alpha value is -0.920. The Morgan fingerprint density at radius 2 is 2.31 bits per heavy atom. The number of nitrogens with two attached hydrogens (primary N) is 1. The summed E-state index contributed by atoms with van der Waals surface area (Å²) in [5.41, 5.74) is 6.06. The summed E-state index contributed by atoms with van der Waals surface area (Å²) < 4.78 is 13.8. The number of nitriles is 1. The van der Waals surface area contributed by atoms with Crippen LogP contribution in [0, 0.1) is 11.3 Å². The molecule has 0 saturated carbocycles. The van der Waals surface area contributed by atoms with Crippen molar-refractivity contribution in [2.75, 3.05) is 6.54 Å². The quantitative estimate of drug-likeness (QED) is 0.866. The molecule has 1 atom stereocenters. The van der Waals surface area contributed by atoms with Crippen molar-refractivity contribution in [2.24, 2.45) is 5.73 Å². The Labute approximate surface area is 84.3 Å². The zero-order chi connectivity index (χ0) is 9.84. The summed E-state index contributed by atoms with van der Waals surface area (Å²) in [4.78, 5) is 0. The molecule has 1 rings (SSSR count). The summed E-state index contributed by atoms with van der Waals surface area (Å²) in [6.07, 6.45) is -1.22. The Kier molecular flexibility index (Phi) is 3.40. The van der Waals surface area contributed by atoms with Gasteiger partial charge in [0.25, 0.3) is 0 Å². The Balaban J connectivity index is 3.12. The average molecular weight is 243 g/mol. The van der Waals surface area contributed by atoms with Gasteiger partial charge < -0.3 is 5.73 Å². The second-order valence-corrected chi connectivity index (χ2v) is 3.41. The third-order valence-corrected chi connectivity index (χ3v) is 2.39. The Bertz CT molecular complexity index is 346. The highest BCUT2D eigenvalue weighted by molar-refractivity contribution is 9.10. The van der Waals surface area contributed by atoms with Crippen molar-refractivity contribution in [1.82, 2.24) is 0 Å². The van der Waals surface area contributed by atoms with E-state index in [-0.39, 0.29) is 6.54 Å². The van der Waals surface area contributed by atoms with E-state index in [1.165, 1.54) is 6.07 Å². The minimum atomic E-state index is -1.22. The van der Waals surface area contributed by atoms with Crippen molar-refractivity contribution < 1.29 is 4.39 Å². The fourth-order valence-electron chi connectivity index (χ4n) is 0.980. The lowest BCUT2D eigenvalue weighted by Crippen LogP contribution is -2.08. The Morgan fingerprint density at radius 3 is 2.85 bits per heavy atom. The number of benzene rings is 1. The minimum absolute atomic E-state index is 0.0759. The lowest BCUT2D eigenvalue weighted by atomic mass is 10.1. The van der Waals surface area contributed by atoms with Crippen LogP contribution in [-0.2, 0) is 0 Å². The van der Waals surface area contributed by atoms with Crippen LogP contribution in [0.3, 0.4) is 0 Å². The lowest BCUT2D eigenvalue weighted by molar-refractivity contribution is 0.351. The molecular formula is C9H8BrFN2. The summed E-state index contributed by atoms with van der Waals surface area (Å²) in [5.74, 6) is 0. The first-order chi connectivity index (χ1) is 6.19. The maximum Gasteiger partial charge on any atom is 0.138 e. The van der Waals surface area contributed by atoms with Crippen molar-refractivity contribution >= 4 is 15.9 Å². The van der Waals surface area contributed by atoms with Gasteiger partial charge in [0.05, 0.1) is 11.6 Å². The molecule has 68 valence electrons. The molecule has 0 bridgehead atoms. The largest absolute Gasteiger partial charge is 0.327 e. The van der Waals surface area contributed by atoms with Gasteiger partial charge in [-0.15, -0.1) is 0 Å². The first kappa shape index (κ1) is 10.2. The van der Waals surface area contributed by atoms with Crippen LogP contribution in [0.5, 0.6) is 0 Å². The summed E-state index contributed by atoms with van der Waals surface area (Å²) in [6.45, 7) is -0.0759. The maximum absolute atomic E-state index is 13.2. The number of halogens is 2. The molecule has 13 heavy (non-hydrogen) atoms. The van der Waals surface area contributed by atoms with Crippen molar-refractivity contribution in [2.45, 2.75) is 6.17 Å². The van der Waals surface area contributed by atoms with E-state index in [9.17, 15) is 4.39 Å². The standard InChI is InChI=1S/C9H8BrFN2/c10-8-2-1-6(4-12)3-7(8)9(11)5-13/h1-3,9H,5,13H2. The zero-order valence-corrected chi connectivity index (χ0v) is 8.38. The molecule has 4 heteroatoms. The van der Waals surface area contributed by atoms with Gasteiger partial charge in [-0.2, -0.15) is 5.26 Å². The van der Waals surface area contributed by atoms with Gasteiger partial charge in [0.1, 0.15) is 6.17 Å². The van der Waals surface area contributed by atoms with Gasteiger partial charge in [-0.05, 0) is 18.2 Å². The highest BCUT2D eigenvalue weighted by Gasteiger charge is 2.11. The number of alkyl halides is 1. The SMILES string of the molecule is N#Cc1ccc(Br)c(C(F)CN)c1. The molecule has 0 amide bonds. The zero-order valence-electron chi connectivity index (χ0n) is 6.80. The average Bonchev–Trinajstić information content (AvgIpc) is 2.17. The van der Waals surface area contributed by atoms with Crippen LogP contribution in [-0.4, -0.2) is 6.54 Å². The van der Waals surface area contributed by atoms with E-state index >= 15 is 0 Å². The molecule has 0 spiro atoms. The minimum Gasteiger partial charge on any atom is -0.327 e. The van der Waals surface area contributed by atoms with Gasteiger partial charge in [-0.3, -0.25) is 0 Å². The summed E-state index contributed by atoms with van der Waals surface area (Å²) in [7, 11) is 0. The molecule has 0 saturated heterocycles. The molecule has 0 aromatic heterocycles. The van der Waals surface area contributed by atoms with Crippen molar-refractivity contribution in [3.05, 3.63) is 33.8 Å². The third-order valence-electron chi connectivity index (χ3n) is 1.67. The van der Waals surface area contributed by atoms with E-state index in [0.29, 0.717) is 15.6 Å². The van der Waals surface area contributed by atoms with Gasteiger partial charge in [-0.1, -0.05) is 15.9 Å². The smallest absolute Gasteiger partial charge is 0.138 e. The van der Waals surface area contributed by atoms with Gasteiger partial charge in [0, 0.05) is 16.6 Å². The van der Waals surface area contributed by atoms with E-state index in [1.54, 1.807) is 12.1 Å². The monoisotopic (exact) mass is 242 g/mol. The van der Waals surface area contributed by atoms with E-state index < -0.39 is 6.17 Å². The topological polar surface area (TPSA) is 49.8 Å². The van der Waals surface area contributed by atoms with Crippen molar-refractivity contribution in [1.29, 1.82) is 5.26 Å². The maximum atomic E-state index is 13.2. The Morgan fingerprint density at radius 1 is 1.62 bits per heavy atom. The summed E-state index contributed by atoms with van der Waals surface area (Å²) in [6, 6.07) is 6.72. The third kappa shape index (κ3) is 2.27. The van der Waals surface area contributed by atoms with Gasteiger partial charge >= 0.3 is 0 Å². The van der Waals surface area contributed by atoms with Gasteiger partial charge in [-0.25, -0.2) is 4.39 Å². The molecule has 0 aliphatic heterocycles. The number of hydrogen-bond donors (Lipinski definition) is 1. The van der Waals surface area contributed by atoms with Crippen molar-refractivity contribution in [3.63, 3.8) is 0 Å². The highest BCUT2D eigenvalue weighted by Crippen LogP contribution is 2.26. The predicted octanol–water partition coefficient (Wildman–Crippen LogP) is 2.29. The fraction of sp³-hybridized carbons (Fsp3) is 0.222. The second kappa shape index (κ2) is 4.35. The van der Waals surface area contributed by atoms with Crippen LogP contribution in [0.2, 0.25) is 0 Å². The van der Waals surface area contributed by atoms with Crippen LogP contribution in [0.25, 0.3) is 0 Å². The molecule has 0 aliphatic rings. The first-order valence-corrected chi connectivity index (χ1v) is 4.52. The normalized spacial score (nSPS) is 12.2.